The minimum atomic E-state index is -3.16. The lowest BCUT2D eigenvalue weighted by Gasteiger charge is -2.02. The molecular formula is C3H8NO2S. The molecule has 0 aliphatic heterocycles. The van der Waals surface area contributed by atoms with E-state index in [1.54, 1.807) is 0 Å². The van der Waals surface area contributed by atoms with Crippen LogP contribution in [-0.4, -0.2) is 26.8 Å². The zero-order valence-electron chi connectivity index (χ0n) is 4.38. The molecular weight excluding hydrogens is 114 g/mol. The molecule has 0 aromatic carbocycles. The topological polar surface area (TPSA) is 37.4 Å². The highest BCUT2D eigenvalue weighted by Crippen LogP contribution is 1.86. The predicted molar refractivity (Wildman–Crippen MR) is 28.0 cm³/mol. The van der Waals surface area contributed by atoms with Crippen molar-refractivity contribution in [3.63, 3.8) is 0 Å². The Bertz CT molecular complexity index is 135. The van der Waals surface area contributed by atoms with Gasteiger partial charge in [0.05, 0.1) is 6.26 Å². The molecule has 0 heterocycles. The first-order valence-corrected chi connectivity index (χ1v) is 3.31. The molecule has 0 atom stereocenters. The van der Waals surface area contributed by atoms with E-state index in [9.17, 15) is 8.42 Å². The van der Waals surface area contributed by atoms with Gasteiger partial charge in [-0.15, -0.1) is 0 Å². The second-order valence-corrected chi connectivity index (χ2v) is 3.29. The predicted octanol–water partition coefficient (Wildman–Crippen LogP) is -0.331. The summed E-state index contributed by atoms with van der Waals surface area (Å²) in [5.74, 6) is 0. The number of rotatable bonds is 1. The standard InChI is InChI=1S/C3H8NO2S/c1-4(2)7(3,5)6/h3H2,1-2H3. The van der Waals surface area contributed by atoms with Crippen LogP contribution in [0.15, 0.2) is 0 Å². The van der Waals surface area contributed by atoms with Crippen LogP contribution in [0.25, 0.3) is 0 Å². The Morgan fingerprint density at radius 1 is 1.43 bits per heavy atom. The van der Waals surface area contributed by atoms with Crippen LogP contribution < -0.4 is 0 Å². The normalized spacial score (nSPS) is 12.6. The van der Waals surface area contributed by atoms with Gasteiger partial charge in [-0.25, -0.2) is 12.7 Å². The zero-order valence-corrected chi connectivity index (χ0v) is 5.20. The van der Waals surface area contributed by atoms with Crippen molar-refractivity contribution >= 4 is 10.0 Å². The van der Waals surface area contributed by atoms with Gasteiger partial charge in [0.2, 0.25) is 10.0 Å². The first kappa shape index (κ1) is 6.91. The van der Waals surface area contributed by atoms with Crippen LogP contribution in [0.3, 0.4) is 0 Å². The molecule has 7 heavy (non-hydrogen) atoms. The summed E-state index contributed by atoms with van der Waals surface area (Å²) in [6, 6.07) is 0. The third kappa shape index (κ3) is 2.59. The Balaban J connectivity index is 4.10. The number of nitrogens with zero attached hydrogens (tertiary/aromatic N) is 1. The van der Waals surface area contributed by atoms with Crippen LogP contribution in [0.2, 0.25) is 0 Å². The highest BCUT2D eigenvalue weighted by molar-refractivity contribution is 7.90. The first-order chi connectivity index (χ1) is 2.94. The molecule has 1 radical (unpaired) electrons. The van der Waals surface area contributed by atoms with E-state index >= 15 is 0 Å². The van der Waals surface area contributed by atoms with Gasteiger partial charge in [-0.1, -0.05) is 0 Å². The molecule has 0 aromatic heterocycles. The average molecular weight is 122 g/mol. The summed E-state index contributed by atoms with van der Waals surface area (Å²) in [5.41, 5.74) is 0. The third-order valence-electron chi connectivity index (χ3n) is 0.556. The van der Waals surface area contributed by atoms with Gasteiger partial charge in [0.15, 0.2) is 0 Å². The van der Waals surface area contributed by atoms with Crippen LogP contribution in [0, 0.1) is 6.26 Å². The molecule has 0 amide bonds. The summed E-state index contributed by atoms with van der Waals surface area (Å²) in [5, 5.41) is 0. The van der Waals surface area contributed by atoms with E-state index in [4.69, 9.17) is 0 Å². The summed E-state index contributed by atoms with van der Waals surface area (Å²) in [6.45, 7) is 0. The van der Waals surface area contributed by atoms with E-state index in [1.165, 1.54) is 14.1 Å². The van der Waals surface area contributed by atoms with Crippen molar-refractivity contribution < 1.29 is 8.42 Å². The van der Waals surface area contributed by atoms with Gasteiger partial charge in [-0.3, -0.25) is 0 Å². The van der Waals surface area contributed by atoms with Gasteiger partial charge >= 0.3 is 0 Å². The second-order valence-electron chi connectivity index (χ2n) is 1.39. The molecule has 0 aliphatic carbocycles. The molecule has 0 N–H and O–H groups in total. The van der Waals surface area contributed by atoms with Gasteiger partial charge in [-0.05, 0) is 0 Å². The van der Waals surface area contributed by atoms with Crippen molar-refractivity contribution in [2.75, 3.05) is 14.1 Å². The Kier molecular flexibility index (Phi) is 1.77. The van der Waals surface area contributed by atoms with E-state index in [2.05, 4.69) is 6.26 Å². The van der Waals surface area contributed by atoms with Crippen LogP contribution in [0.4, 0.5) is 0 Å². The van der Waals surface area contributed by atoms with E-state index in [0.29, 0.717) is 0 Å². The molecule has 0 saturated carbocycles. The van der Waals surface area contributed by atoms with Crippen LogP contribution in [0.1, 0.15) is 0 Å². The largest absolute Gasteiger partial charge is 0.214 e. The van der Waals surface area contributed by atoms with Crippen LogP contribution >= 0.6 is 0 Å². The molecule has 0 rings (SSSR count). The summed E-state index contributed by atoms with van der Waals surface area (Å²) >= 11 is 0. The maximum absolute atomic E-state index is 10.1. The Morgan fingerprint density at radius 3 is 1.57 bits per heavy atom. The van der Waals surface area contributed by atoms with Crippen LogP contribution in [-0.2, 0) is 10.0 Å². The lowest BCUT2D eigenvalue weighted by molar-refractivity contribution is 0.530. The van der Waals surface area contributed by atoms with E-state index < -0.39 is 10.0 Å². The fourth-order valence-electron chi connectivity index (χ4n) is 0. The molecule has 0 aliphatic rings. The molecule has 0 unspecified atom stereocenters. The summed E-state index contributed by atoms with van der Waals surface area (Å²) < 4.78 is 21.3. The van der Waals surface area contributed by atoms with Crippen molar-refractivity contribution in [3.05, 3.63) is 6.26 Å². The van der Waals surface area contributed by atoms with Crippen LogP contribution in [0.5, 0.6) is 0 Å². The van der Waals surface area contributed by atoms with Gasteiger partial charge in [0, 0.05) is 14.1 Å². The minimum absolute atomic E-state index is 1.05. The summed E-state index contributed by atoms with van der Waals surface area (Å²) in [7, 11) is -0.292. The average Bonchev–Trinajstić information content (AvgIpc) is 1.31. The number of hydrogen-bond donors (Lipinski definition) is 0. The maximum Gasteiger partial charge on any atom is 0.214 e. The molecule has 4 heteroatoms. The van der Waals surface area contributed by atoms with Gasteiger partial charge < -0.3 is 0 Å². The first-order valence-electron chi connectivity index (χ1n) is 1.70. The van der Waals surface area contributed by atoms with Gasteiger partial charge in [0.1, 0.15) is 0 Å². The maximum atomic E-state index is 10.1. The van der Waals surface area contributed by atoms with Crippen molar-refractivity contribution in [1.29, 1.82) is 0 Å². The van der Waals surface area contributed by atoms with Gasteiger partial charge in [-0.2, -0.15) is 0 Å². The van der Waals surface area contributed by atoms with Crippen molar-refractivity contribution in [2.24, 2.45) is 0 Å². The summed E-state index contributed by atoms with van der Waals surface area (Å²) in [6.07, 6.45) is 2.87. The molecule has 0 saturated heterocycles. The molecule has 0 spiro atoms. The molecule has 0 aromatic rings. The second kappa shape index (κ2) is 1.79. The Morgan fingerprint density at radius 2 is 1.57 bits per heavy atom. The molecule has 43 valence electrons. The minimum Gasteiger partial charge on any atom is -0.212 e. The lowest BCUT2D eigenvalue weighted by Crippen LogP contribution is -2.17. The van der Waals surface area contributed by atoms with Gasteiger partial charge in [0.25, 0.3) is 0 Å². The van der Waals surface area contributed by atoms with Crippen molar-refractivity contribution in [3.8, 4) is 0 Å². The SMILES string of the molecule is [CH2]S(=O)(=O)N(C)C. The fourth-order valence-corrected chi connectivity index (χ4v) is 0. The highest BCUT2D eigenvalue weighted by Gasteiger charge is 2.01. The van der Waals surface area contributed by atoms with E-state index in [-0.39, 0.29) is 0 Å². The molecule has 0 fully saturated rings. The van der Waals surface area contributed by atoms with Crippen molar-refractivity contribution in [2.45, 2.75) is 0 Å². The lowest BCUT2D eigenvalue weighted by atomic mass is 11.3. The number of hydrogen-bond acceptors (Lipinski definition) is 2. The smallest absolute Gasteiger partial charge is 0.212 e. The Hall–Kier alpha value is -0.0900. The monoisotopic (exact) mass is 122 g/mol. The third-order valence-corrected chi connectivity index (χ3v) is 1.67. The van der Waals surface area contributed by atoms with E-state index in [0.717, 1.165) is 4.31 Å². The van der Waals surface area contributed by atoms with Crippen molar-refractivity contribution in [1.82, 2.24) is 4.31 Å². The number of sulfonamides is 1. The molecule has 3 nitrogen and oxygen atoms in total. The van der Waals surface area contributed by atoms with E-state index in [1.807, 2.05) is 0 Å². The molecule has 0 bridgehead atoms. The quantitative estimate of drug-likeness (QED) is 0.477. The highest BCUT2D eigenvalue weighted by atomic mass is 32.2. The zero-order chi connectivity index (χ0) is 6.08. The Labute approximate surface area is 44.0 Å². The summed E-state index contributed by atoms with van der Waals surface area (Å²) in [4.78, 5) is 0. The fraction of sp³-hybridized carbons (Fsp3) is 0.667.